The van der Waals surface area contributed by atoms with Crippen LogP contribution in [0.2, 0.25) is 0 Å². The van der Waals surface area contributed by atoms with Gasteiger partial charge in [0.2, 0.25) is 10.0 Å². The lowest BCUT2D eigenvalue weighted by Crippen LogP contribution is -2.58. The van der Waals surface area contributed by atoms with Crippen molar-refractivity contribution in [3.05, 3.63) is 54.1 Å². The Morgan fingerprint density at radius 2 is 1.67 bits per heavy atom. The van der Waals surface area contributed by atoms with Gasteiger partial charge in [-0.25, -0.2) is 8.42 Å². The molecule has 30 heavy (non-hydrogen) atoms. The summed E-state index contributed by atoms with van der Waals surface area (Å²) in [7, 11) is -4.13. The van der Waals surface area contributed by atoms with E-state index in [9.17, 15) is 26.4 Å². The topological polar surface area (TPSA) is 81.7 Å². The van der Waals surface area contributed by atoms with Gasteiger partial charge in [-0.1, -0.05) is 18.2 Å². The second-order valence-corrected chi connectivity index (χ2v) is 8.74. The van der Waals surface area contributed by atoms with Crippen molar-refractivity contribution in [3.63, 3.8) is 0 Å². The second-order valence-electron chi connectivity index (χ2n) is 7.06. The van der Waals surface area contributed by atoms with Gasteiger partial charge in [0.15, 0.2) is 6.17 Å². The summed E-state index contributed by atoms with van der Waals surface area (Å²) in [6.07, 6.45) is -5.99. The maximum atomic E-state index is 13.0. The van der Waals surface area contributed by atoms with Crippen molar-refractivity contribution in [2.24, 2.45) is 0 Å². The first-order valence-corrected chi connectivity index (χ1v) is 10.7. The summed E-state index contributed by atoms with van der Waals surface area (Å²) in [6, 6.07) is 12.0. The highest BCUT2D eigenvalue weighted by atomic mass is 32.2. The number of halogens is 3. The summed E-state index contributed by atoms with van der Waals surface area (Å²) < 4.78 is 66.1. The molecule has 1 atom stereocenters. The van der Waals surface area contributed by atoms with E-state index in [0.717, 1.165) is 11.8 Å². The normalized spacial score (nSPS) is 21.0. The van der Waals surface area contributed by atoms with Gasteiger partial charge in [0, 0.05) is 31.9 Å². The van der Waals surface area contributed by atoms with E-state index < -0.39 is 33.8 Å². The van der Waals surface area contributed by atoms with Gasteiger partial charge in [-0.05, 0) is 30.3 Å². The smallest absolute Gasteiger partial charge is 0.368 e. The number of piperazine rings is 1. The zero-order chi connectivity index (χ0) is 21.5. The molecular formula is C19H19F3N4O3S. The molecule has 1 amide bonds. The third kappa shape index (κ3) is 3.94. The molecule has 2 aliphatic rings. The third-order valence-corrected chi connectivity index (χ3v) is 6.61. The average molecular weight is 440 g/mol. The van der Waals surface area contributed by atoms with Crippen molar-refractivity contribution < 1.29 is 26.4 Å². The fourth-order valence-electron chi connectivity index (χ4n) is 3.58. The molecule has 160 valence electrons. The number of para-hydroxylation sites is 1. The molecule has 1 saturated heterocycles. The molecule has 0 radical (unpaired) electrons. The summed E-state index contributed by atoms with van der Waals surface area (Å²) >= 11 is 0. The number of carbonyl (C=O) groups is 1. The van der Waals surface area contributed by atoms with E-state index >= 15 is 0 Å². The number of nitrogens with zero attached hydrogens (tertiary/aromatic N) is 2. The van der Waals surface area contributed by atoms with Gasteiger partial charge < -0.3 is 15.1 Å². The molecule has 1 fully saturated rings. The minimum atomic E-state index is -4.63. The van der Waals surface area contributed by atoms with E-state index in [2.05, 4.69) is 14.9 Å². The Morgan fingerprint density at radius 3 is 2.30 bits per heavy atom. The molecule has 0 aliphatic carbocycles. The average Bonchev–Trinajstić information content (AvgIpc) is 2.72. The summed E-state index contributed by atoms with van der Waals surface area (Å²) in [6.45, 7) is 1.85. The highest BCUT2D eigenvalue weighted by molar-refractivity contribution is 7.89. The second kappa shape index (κ2) is 7.47. The van der Waals surface area contributed by atoms with Crippen LogP contribution in [0.5, 0.6) is 0 Å². The van der Waals surface area contributed by atoms with Crippen molar-refractivity contribution in [1.29, 1.82) is 0 Å². The van der Waals surface area contributed by atoms with Gasteiger partial charge in [0.1, 0.15) is 4.90 Å². The van der Waals surface area contributed by atoms with Crippen molar-refractivity contribution in [1.82, 2.24) is 9.62 Å². The minimum Gasteiger partial charge on any atom is -0.368 e. The maximum absolute atomic E-state index is 13.0. The predicted octanol–water partition coefficient (Wildman–Crippen LogP) is 2.08. The summed E-state index contributed by atoms with van der Waals surface area (Å²) in [5.74, 6) is -0.533. The van der Waals surface area contributed by atoms with E-state index in [1.807, 2.05) is 30.3 Å². The zero-order valence-electron chi connectivity index (χ0n) is 15.7. The first-order chi connectivity index (χ1) is 14.1. The number of benzene rings is 2. The number of rotatable bonds is 2. The number of fused-ring (bicyclic) bond motifs is 1. The Balaban J connectivity index is 1.50. The largest absolute Gasteiger partial charge is 0.416 e. The van der Waals surface area contributed by atoms with E-state index in [1.54, 1.807) is 0 Å². The minimum absolute atomic E-state index is 0.246. The first kappa shape index (κ1) is 20.5. The molecule has 0 spiro atoms. The van der Waals surface area contributed by atoms with Crippen LogP contribution in [0.15, 0.2) is 53.4 Å². The van der Waals surface area contributed by atoms with E-state index in [1.165, 1.54) is 4.90 Å². The number of carbonyl (C=O) groups excluding carboxylic acids is 1. The summed E-state index contributed by atoms with van der Waals surface area (Å²) in [4.78, 5) is 16.1. The molecule has 2 N–H and O–H groups in total. The Morgan fingerprint density at radius 1 is 1.00 bits per heavy atom. The fraction of sp³-hybridized carbons (Fsp3) is 0.316. The Kier molecular flexibility index (Phi) is 5.10. The number of hydrogen-bond acceptors (Lipinski definition) is 5. The molecule has 0 aromatic heterocycles. The van der Waals surface area contributed by atoms with Crippen molar-refractivity contribution in [3.8, 4) is 0 Å². The van der Waals surface area contributed by atoms with Gasteiger partial charge in [0.05, 0.1) is 11.3 Å². The van der Waals surface area contributed by atoms with Crippen LogP contribution in [-0.2, 0) is 21.0 Å². The number of alkyl halides is 3. The Labute approximate surface area is 171 Å². The lowest BCUT2D eigenvalue weighted by molar-refractivity contribution is -0.137. The van der Waals surface area contributed by atoms with Crippen LogP contribution >= 0.6 is 0 Å². The van der Waals surface area contributed by atoms with Gasteiger partial charge >= 0.3 is 6.18 Å². The Hall–Kier alpha value is -2.79. The fourth-order valence-corrected chi connectivity index (χ4v) is 4.83. The van der Waals surface area contributed by atoms with Crippen LogP contribution in [-0.4, -0.2) is 51.6 Å². The molecule has 4 rings (SSSR count). The SMILES string of the molecule is O=C(C1Nc2cc(C(F)(F)F)ccc2S(=O)(=O)N1)N1CCN(c2ccccc2)CC1. The summed E-state index contributed by atoms with van der Waals surface area (Å²) in [5.41, 5.74) is -0.215. The molecule has 0 saturated carbocycles. The number of nitrogens with one attached hydrogen (secondary N) is 2. The molecule has 2 heterocycles. The van der Waals surface area contributed by atoms with Gasteiger partial charge in [-0.3, -0.25) is 4.79 Å². The number of sulfonamides is 1. The van der Waals surface area contributed by atoms with Gasteiger partial charge in [-0.15, -0.1) is 0 Å². The third-order valence-electron chi connectivity index (χ3n) is 5.13. The summed E-state index contributed by atoms with van der Waals surface area (Å²) in [5, 5.41) is 2.61. The standard InChI is InChI=1S/C19H19F3N4O3S/c20-19(21,22)13-6-7-16-15(12-13)23-17(24-30(16,28)29)18(27)26-10-8-25(9-11-26)14-4-2-1-3-5-14/h1-7,12,17,23-24H,8-11H2. The van der Waals surface area contributed by atoms with Crippen LogP contribution in [0.25, 0.3) is 0 Å². The molecule has 2 aliphatic heterocycles. The van der Waals surface area contributed by atoms with Crippen molar-refractivity contribution in [2.75, 3.05) is 36.4 Å². The lowest BCUT2D eigenvalue weighted by atomic mass is 10.2. The number of anilines is 2. The Bertz CT molecular complexity index is 1050. The predicted molar refractivity (Wildman–Crippen MR) is 104 cm³/mol. The van der Waals surface area contributed by atoms with E-state index in [0.29, 0.717) is 38.3 Å². The molecule has 0 bridgehead atoms. The molecule has 1 unspecified atom stereocenters. The van der Waals surface area contributed by atoms with Crippen molar-refractivity contribution >= 4 is 27.3 Å². The highest BCUT2D eigenvalue weighted by Gasteiger charge is 2.38. The van der Waals surface area contributed by atoms with Crippen molar-refractivity contribution in [2.45, 2.75) is 17.2 Å². The van der Waals surface area contributed by atoms with Gasteiger partial charge in [0.25, 0.3) is 5.91 Å². The molecular weight excluding hydrogens is 421 g/mol. The van der Waals surface area contributed by atoms with Gasteiger partial charge in [-0.2, -0.15) is 17.9 Å². The van der Waals surface area contributed by atoms with Crippen LogP contribution in [0.4, 0.5) is 24.5 Å². The van der Waals surface area contributed by atoms with Crippen LogP contribution in [0.1, 0.15) is 5.56 Å². The highest BCUT2D eigenvalue weighted by Crippen LogP contribution is 2.35. The molecule has 7 nitrogen and oxygen atoms in total. The lowest BCUT2D eigenvalue weighted by Gasteiger charge is -2.38. The quantitative estimate of drug-likeness (QED) is 0.748. The van der Waals surface area contributed by atoms with Crippen LogP contribution < -0.4 is 14.9 Å². The molecule has 2 aromatic rings. The van der Waals surface area contributed by atoms with Crippen LogP contribution in [0.3, 0.4) is 0 Å². The maximum Gasteiger partial charge on any atom is 0.416 e. The molecule has 11 heteroatoms. The first-order valence-electron chi connectivity index (χ1n) is 9.24. The molecule has 2 aromatic carbocycles. The van der Waals surface area contributed by atoms with E-state index in [-0.39, 0.29) is 10.6 Å². The number of hydrogen-bond donors (Lipinski definition) is 2. The van der Waals surface area contributed by atoms with Crippen LogP contribution in [0, 0.1) is 0 Å². The number of amides is 1. The van der Waals surface area contributed by atoms with E-state index in [4.69, 9.17) is 0 Å². The monoisotopic (exact) mass is 440 g/mol. The zero-order valence-corrected chi connectivity index (χ0v) is 16.5.